The predicted octanol–water partition coefficient (Wildman–Crippen LogP) is 0.597. The number of carbonyl (C=O) groups excluding carboxylic acids is 1. The molecule has 2 heterocycles. The van der Waals surface area contributed by atoms with Gasteiger partial charge in [-0.1, -0.05) is 0 Å². The molecule has 2 atom stereocenters. The van der Waals surface area contributed by atoms with E-state index in [9.17, 15) is 18.0 Å². The highest BCUT2D eigenvalue weighted by Gasteiger charge is 2.47. The largest absolute Gasteiger partial charge is 0.481 e. The van der Waals surface area contributed by atoms with Gasteiger partial charge in [-0.25, -0.2) is 8.42 Å². The summed E-state index contributed by atoms with van der Waals surface area (Å²) in [7, 11) is -3.68. The molecule has 0 spiro atoms. The van der Waals surface area contributed by atoms with Gasteiger partial charge in [0.15, 0.2) is 5.75 Å². The van der Waals surface area contributed by atoms with Gasteiger partial charge in [0.05, 0.1) is 6.61 Å². The smallest absolute Gasteiger partial charge is 0.322 e. The van der Waals surface area contributed by atoms with Gasteiger partial charge in [-0.2, -0.15) is 4.31 Å². The molecule has 120 valence electrons. The Morgan fingerprint density at radius 2 is 1.81 bits per heavy atom. The van der Waals surface area contributed by atoms with E-state index in [2.05, 4.69) is 0 Å². The van der Waals surface area contributed by atoms with Crippen LogP contribution in [-0.2, 0) is 24.3 Å². The number of piperidine rings is 1. The van der Waals surface area contributed by atoms with Crippen LogP contribution in [0.25, 0.3) is 0 Å². The lowest BCUT2D eigenvalue weighted by Crippen LogP contribution is -2.48. The minimum atomic E-state index is -3.68. The Kier molecular flexibility index (Phi) is 4.88. The quantitative estimate of drug-likeness (QED) is 0.719. The van der Waals surface area contributed by atoms with Crippen molar-refractivity contribution in [3.05, 3.63) is 0 Å². The van der Waals surface area contributed by atoms with Crippen LogP contribution in [0.1, 0.15) is 39.0 Å². The highest BCUT2D eigenvalue weighted by molar-refractivity contribution is 7.89. The summed E-state index contributed by atoms with van der Waals surface area (Å²) < 4.78 is 30.9. The summed E-state index contributed by atoms with van der Waals surface area (Å²) in [6.07, 6.45) is 2.68. The van der Waals surface area contributed by atoms with Crippen molar-refractivity contribution >= 4 is 22.0 Å². The molecule has 0 saturated carbocycles. The van der Waals surface area contributed by atoms with E-state index in [1.54, 1.807) is 6.92 Å². The standard InChI is InChI=1S/C13H21NO6S/c1-2-20-13(17)8-21(18,19)14-10-3-4-11(14)6-9(5-10)7-12(15)16/h9-11H,2-8H2,1H3,(H,15,16). The van der Waals surface area contributed by atoms with Gasteiger partial charge in [0.2, 0.25) is 10.0 Å². The van der Waals surface area contributed by atoms with Gasteiger partial charge in [0, 0.05) is 18.5 Å². The van der Waals surface area contributed by atoms with E-state index < -0.39 is 27.7 Å². The first-order chi connectivity index (χ1) is 9.83. The molecule has 7 nitrogen and oxygen atoms in total. The highest BCUT2D eigenvalue weighted by Crippen LogP contribution is 2.41. The van der Waals surface area contributed by atoms with Crippen LogP contribution >= 0.6 is 0 Å². The lowest BCUT2D eigenvalue weighted by molar-refractivity contribution is -0.140. The van der Waals surface area contributed by atoms with Gasteiger partial charge in [-0.15, -0.1) is 0 Å². The fourth-order valence-electron chi connectivity index (χ4n) is 3.54. The molecule has 21 heavy (non-hydrogen) atoms. The fourth-order valence-corrected chi connectivity index (χ4v) is 5.36. The average Bonchev–Trinajstić information content (AvgIpc) is 2.62. The second-order valence-corrected chi connectivity index (χ2v) is 7.59. The first kappa shape index (κ1) is 16.2. The van der Waals surface area contributed by atoms with Crippen LogP contribution in [0.2, 0.25) is 0 Å². The van der Waals surface area contributed by atoms with Crippen molar-refractivity contribution in [1.82, 2.24) is 4.31 Å². The van der Waals surface area contributed by atoms with E-state index in [-0.39, 0.29) is 31.0 Å². The van der Waals surface area contributed by atoms with Crippen LogP contribution in [0.4, 0.5) is 0 Å². The zero-order chi connectivity index (χ0) is 15.6. The summed E-state index contributed by atoms with van der Waals surface area (Å²) in [6, 6.07) is -0.347. The molecule has 2 aliphatic rings. The molecule has 0 amide bonds. The number of carboxylic acid groups (broad SMARTS) is 1. The molecule has 2 aliphatic heterocycles. The molecule has 8 heteroatoms. The van der Waals surface area contributed by atoms with E-state index in [0.717, 1.165) is 12.8 Å². The summed E-state index contributed by atoms with van der Waals surface area (Å²) in [6.45, 7) is 1.79. The molecule has 0 aliphatic carbocycles. The monoisotopic (exact) mass is 319 g/mol. The Bertz CT molecular complexity index is 503. The van der Waals surface area contributed by atoms with E-state index >= 15 is 0 Å². The SMILES string of the molecule is CCOC(=O)CS(=O)(=O)N1C2CCC1CC(CC(=O)O)C2. The lowest BCUT2D eigenvalue weighted by Gasteiger charge is -2.37. The van der Waals surface area contributed by atoms with Crippen LogP contribution < -0.4 is 0 Å². The van der Waals surface area contributed by atoms with Crippen LogP contribution in [0.15, 0.2) is 0 Å². The van der Waals surface area contributed by atoms with Gasteiger partial charge < -0.3 is 9.84 Å². The minimum Gasteiger partial charge on any atom is -0.481 e. The maximum Gasteiger partial charge on any atom is 0.322 e. The molecule has 2 fully saturated rings. The number of aliphatic carboxylic acids is 1. The molecule has 2 saturated heterocycles. The third kappa shape index (κ3) is 3.74. The summed E-state index contributed by atoms with van der Waals surface area (Å²) in [5, 5.41) is 8.87. The van der Waals surface area contributed by atoms with Crippen LogP contribution in [0.5, 0.6) is 0 Å². The number of hydrogen-bond donors (Lipinski definition) is 1. The molecular formula is C13H21NO6S. The molecule has 0 aromatic rings. The van der Waals surface area contributed by atoms with Gasteiger partial charge in [-0.3, -0.25) is 9.59 Å². The predicted molar refractivity (Wildman–Crippen MR) is 74.0 cm³/mol. The van der Waals surface area contributed by atoms with E-state index in [0.29, 0.717) is 12.8 Å². The van der Waals surface area contributed by atoms with Gasteiger partial charge >= 0.3 is 11.9 Å². The number of esters is 1. The third-order valence-corrected chi connectivity index (χ3v) is 5.99. The number of carboxylic acids is 1. The first-order valence-corrected chi connectivity index (χ1v) is 8.83. The molecule has 0 aromatic carbocycles. The lowest BCUT2D eigenvalue weighted by atomic mass is 9.90. The molecule has 0 aromatic heterocycles. The second kappa shape index (κ2) is 6.31. The number of ether oxygens (including phenoxy) is 1. The Balaban J connectivity index is 2.05. The van der Waals surface area contributed by atoms with Crippen LogP contribution in [-0.4, -0.2) is 54.2 Å². The molecular weight excluding hydrogens is 298 g/mol. The van der Waals surface area contributed by atoms with Crippen molar-refractivity contribution in [3.63, 3.8) is 0 Å². The average molecular weight is 319 g/mol. The minimum absolute atomic E-state index is 0.0223. The summed E-state index contributed by atoms with van der Waals surface area (Å²) in [4.78, 5) is 22.2. The Morgan fingerprint density at radius 1 is 1.24 bits per heavy atom. The summed E-state index contributed by atoms with van der Waals surface area (Å²) >= 11 is 0. The zero-order valence-electron chi connectivity index (χ0n) is 12.0. The van der Waals surface area contributed by atoms with E-state index in [1.165, 1.54) is 4.31 Å². The number of hydrogen-bond acceptors (Lipinski definition) is 5. The Morgan fingerprint density at radius 3 is 2.29 bits per heavy atom. The number of carbonyl (C=O) groups is 2. The number of fused-ring (bicyclic) bond motifs is 2. The molecule has 0 radical (unpaired) electrons. The van der Waals surface area contributed by atoms with E-state index in [4.69, 9.17) is 9.84 Å². The fraction of sp³-hybridized carbons (Fsp3) is 0.846. The maximum absolute atomic E-state index is 12.4. The van der Waals surface area contributed by atoms with Crippen molar-refractivity contribution in [3.8, 4) is 0 Å². The summed E-state index contributed by atoms with van der Waals surface area (Å²) in [5.74, 6) is -2.18. The normalized spacial score (nSPS) is 29.3. The van der Waals surface area contributed by atoms with Crippen LogP contribution in [0, 0.1) is 5.92 Å². The Labute approximate surface area is 124 Å². The number of sulfonamides is 1. The topological polar surface area (TPSA) is 101 Å². The second-order valence-electron chi connectivity index (χ2n) is 5.71. The molecule has 1 N–H and O–H groups in total. The molecule has 2 bridgehead atoms. The zero-order valence-corrected chi connectivity index (χ0v) is 12.8. The molecule has 2 rings (SSSR count). The van der Waals surface area contributed by atoms with Gasteiger partial charge in [0.1, 0.15) is 0 Å². The summed E-state index contributed by atoms with van der Waals surface area (Å²) in [5.41, 5.74) is 0. The van der Waals surface area contributed by atoms with Crippen molar-refractivity contribution < 1.29 is 27.9 Å². The van der Waals surface area contributed by atoms with Crippen LogP contribution in [0.3, 0.4) is 0 Å². The van der Waals surface area contributed by atoms with Crippen molar-refractivity contribution in [1.29, 1.82) is 0 Å². The number of nitrogens with zero attached hydrogens (tertiary/aromatic N) is 1. The van der Waals surface area contributed by atoms with Gasteiger partial charge in [0.25, 0.3) is 0 Å². The first-order valence-electron chi connectivity index (χ1n) is 7.22. The number of rotatable bonds is 6. The maximum atomic E-state index is 12.4. The van der Waals surface area contributed by atoms with Gasteiger partial charge in [-0.05, 0) is 38.5 Å². The molecule has 2 unspecified atom stereocenters. The highest BCUT2D eigenvalue weighted by atomic mass is 32.2. The van der Waals surface area contributed by atoms with E-state index in [1.807, 2.05) is 0 Å². The third-order valence-electron chi connectivity index (χ3n) is 4.15. The van der Waals surface area contributed by atoms with Crippen molar-refractivity contribution in [2.75, 3.05) is 12.4 Å². The van der Waals surface area contributed by atoms with Crippen molar-refractivity contribution in [2.45, 2.75) is 51.1 Å². The Hall–Kier alpha value is -1.15. The van der Waals surface area contributed by atoms with Crippen molar-refractivity contribution in [2.24, 2.45) is 5.92 Å².